The molecule has 1 aromatic heterocycles. The molecule has 0 aliphatic rings. The second kappa shape index (κ2) is 5.02. The molecular weight excluding hydrogens is 288 g/mol. The highest BCUT2D eigenvalue weighted by Gasteiger charge is 2.15. The number of benzene rings is 2. The number of nitrogens with two attached hydrogens (primary N) is 1. The van der Waals surface area contributed by atoms with Crippen molar-refractivity contribution in [3.05, 3.63) is 54.6 Å². The van der Waals surface area contributed by atoms with Gasteiger partial charge in [-0.2, -0.15) is 0 Å². The van der Waals surface area contributed by atoms with Crippen LogP contribution in [0.15, 0.2) is 59.5 Å². The van der Waals surface area contributed by atoms with Crippen LogP contribution in [-0.2, 0) is 10.0 Å². The Labute approximate surface area is 127 Å². The van der Waals surface area contributed by atoms with E-state index in [9.17, 15) is 8.42 Å². The van der Waals surface area contributed by atoms with Crippen LogP contribution in [0.2, 0.25) is 0 Å². The summed E-state index contributed by atoms with van der Waals surface area (Å²) in [7, 11) is -4.43. The lowest BCUT2D eigenvalue weighted by Gasteiger charge is -2.08. The van der Waals surface area contributed by atoms with Gasteiger partial charge in [0.05, 0.1) is 27.6 Å². The van der Waals surface area contributed by atoms with Gasteiger partial charge in [0.2, 0.25) is 0 Å². The smallest absolute Gasteiger partial charge is 0.263 e. The molecule has 7 heteroatoms. The number of sulfonamides is 1. The highest BCUT2D eigenvalue weighted by atomic mass is 32.2. The average Bonchev–Trinajstić information content (AvgIpc) is 2.57. The first-order valence-electron chi connectivity index (χ1n) is 7.83. The topological polar surface area (TPSA) is 98.0 Å². The third-order valence-electron chi connectivity index (χ3n) is 2.58. The van der Waals surface area contributed by atoms with Crippen molar-refractivity contribution in [2.24, 2.45) is 0 Å². The van der Waals surface area contributed by atoms with E-state index in [1.54, 1.807) is 24.3 Å². The van der Waals surface area contributed by atoms with Crippen LogP contribution in [0.3, 0.4) is 0 Å². The minimum Gasteiger partial charge on any atom is -0.399 e. The Morgan fingerprint density at radius 3 is 2.48 bits per heavy atom. The van der Waals surface area contributed by atoms with Gasteiger partial charge in [0.25, 0.3) is 10.0 Å². The molecule has 0 saturated heterocycles. The molecule has 0 spiro atoms. The van der Waals surface area contributed by atoms with Crippen LogP contribution < -0.4 is 10.5 Å². The van der Waals surface area contributed by atoms with Crippen molar-refractivity contribution in [3.63, 3.8) is 0 Å². The molecule has 2 aromatic carbocycles. The van der Waals surface area contributed by atoms with E-state index in [0.29, 0.717) is 11.0 Å². The molecule has 3 rings (SSSR count). The number of fused-ring (bicyclic) bond motifs is 1. The molecule has 0 fully saturated rings. The summed E-state index contributed by atoms with van der Waals surface area (Å²) < 4.78 is 58.2. The Balaban J connectivity index is 2.11. The van der Waals surface area contributed by atoms with E-state index in [2.05, 4.69) is 14.7 Å². The summed E-state index contributed by atoms with van der Waals surface area (Å²) in [5.74, 6) is -0.104. The molecule has 3 aromatic rings. The van der Waals surface area contributed by atoms with Gasteiger partial charge in [-0.25, -0.2) is 13.4 Å². The van der Waals surface area contributed by atoms with Crippen molar-refractivity contribution in [2.75, 3.05) is 10.5 Å². The predicted molar refractivity (Wildman–Crippen MR) is 81.2 cm³/mol. The monoisotopic (exact) mass is 304 g/mol. The number of rotatable bonds is 3. The number of hydrogen-bond acceptors (Lipinski definition) is 5. The minimum absolute atomic E-state index is 0.104. The van der Waals surface area contributed by atoms with E-state index in [1.165, 1.54) is 6.20 Å². The van der Waals surface area contributed by atoms with Crippen molar-refractivity contribution in [3.8, 4) is 0 Å². The second-order valence-corrected chi connectivity index (χ2v) is 5.71. The fourth-order valence-electron chi connectivity index (χ4n) is 1.64. The highest BCUT2D eigenvalue weighted by Crippen LogP contribution is 2.17. The van der Waals surface area contributed by atoms with Gasteiger partial charge < -0.3 is 5.73 Å². The summed E-state index contributed by atoms with van der Waals surface area (Å²) in [5.41, 5.74) is 6.07. The van der Waals surface area contributed by atoms with Crippen LogP contribution in [0.4, 0.5) is 11.5 Å². The standard InChI is InChI=1S/C14H12N4O2S/c15-10-5-7-11(8-6-10)21(19,20)18-14-9-16-12-3-1-2-4-13(12)17-14/h1-9H,15H2,(H,17,18)/i5D,6D,7D,8D. The molecule has 0 saturated carbocycles. The lowest BCUT2D eigenvalue weighted by Crippen LogP contribution is -2.14. The fourth-order valence-corrected chi connectivity index (χ4v) is 2.49. The molecule has 0 unspecified atom stereocenters. The van der Waals surface area contributed by atoms with E-state index in [0.717, 1.165) is 0 Å². The number of nitrogen functional groups attached to an aromatic ring is 1. The Morgan fingerprint density at radius 1 is 1.10 bits per heavy atom. The van der Waals surface area contributed by atoms with Gasteiger partial charge >= 0.3 is 0 Å². The summed E-state index contributed by atoms with van der Waals surface area (Å²) >= 11 is 0. The minimum atomic E-state index is -4.43. The van der Waals surface area contributed by atoms with Gasteiger partial charge in [-0.15, -0.1) is 0 Å². The number of nitrogens with one attached hydrogen (secondary N) is 1. The molecule has 0 atom stereocenters. The van der Waals surface area contributed by atoms with Gasteiger partial charge in [-0.05, 0) is 36.3 Å². The van der Waals surface area contributed by atoms with Gasteiger partial charge in [-0.3, -0.25) is 9.71 Å². The molecular formula is C14H12N4O2S. The summed E-state index contributed by atoms with van der Waals surface area (Å²) in [6.45, 7) is 0. The summed E-state index contributed by atoms with van der Waals surface area (Å²) in [6, 6.07) is 4.11. The van der Waals surface area contributed by atoms with Crippen molar-refractivity contribution in [1.29, 1.82) is 0 Å². The average molecular weight is 304 g/mol. The normalized spacial score (nSPS) is 14.1. The summed E-state index contributed by atoms with van der Waals surface area (Å²) in [4.78, 5) is 7.39. The number of aromatic nitrogens is 2. The van der Waals surface area contributed by atoms with E-state index in [1.807, 2.05) is 0 Å². The van der Waals surface area contributed by atoms with Crippen molar-refractivity contribution >= 4 is 32.6 Å². The molecule has 3 N–H and O–H groups in total. The first kappa shape index (κ1) is 9.30. The Kier molecular flexibility index (Phi) is 2.22. The van der Waals surface area contributed by atoms with Gasteiger partial charge in [0.15, 0.2) is 5.82 Å². The number of hydrogen-bond donors (Lipinski definition) is 2. The number of para-hydroxylation sites is 2. The third-order valence-corrected chi connectivity index (χ3v) is 3.80. The molecule has 0 aliphatic carbocycles. The quantitative estimate of drug-likeness (QED) is 0.721. The highest BCUT2D eigenvalue weighted by molar-refractivity contribution is 7.92. The van der Waals surface area contributed by atoms with Crippen LogP contribution in [0.5, 0.6) is 0 Å². The Bertz CT molecular complexity index is 1080. The van der Waals surface area contributed by atoms with E-state index in [4.69, 9.17) is 11.2 Å². The van der Waals surface area contributed by atoms with Crippen LogP contribution >= 0.6 is 0 Å². The van der Waals surface area contributed by atoms with Crippen LogP contribution in [0, 0.1) is 0 Å². The first-order valence-corrected chi connectivity index (χ1v) is 7.31. The van der Waals surface area contributed by atoms with Crippen LogP contribution in [-0.4, -0.2) is 18.4 Å². The lowest BCUT2D eigenvalue weighted by atomic mass is 10.3. The fraction of sp³-hybridized carbons (Fsp3) is 0. The van der Waals surface area contributed by atoms with Crippen molar-refractivity contribution < 1.29 is 13.9 Å². The molecule has 1 heterocycles. The Morgan fingerprint density at radius 2 is 1.76 bits per heavy atom. The maximum atomic E-state index is 12.6. The Hall–Kier alpha value is -2.67. The number of nitrogens with zero attached hydrogens (tertiary/aromatic N) is 2. The zero-order chi connectivity index (χ0) is 18.4. The zero-order valence-electron chi connectivity index (χ0n) is 14.6. The predicted octanol–water partition coefficient (Wildman–Crippen LogP) is 2.01. The van der Waals surface area contributed by atoms with Crippen LogP contribution in [0.1, 0.15) is 5.48 Å². The molecule has 106 valence electrons. The zero-order valence-corrected chi connectivity index (χ0v) is 11.4. The largest absolute Gasteiger partial charge is 0.399 e. The maximum absolute atomic E-state index is 12.6. The van der Waals surface area contributed by atoms with Gasteiger partial charge in [-0.1, -0.05) is 12.1 Å². The molecule has 0 aliphatic heterocycles. The van der Waals surface area contributed by atoms with Gasteiger partial charge in [0, 0.05) is 5.69 Å². The SMILES string of the molecule is [2H]c1c([2H])c(S(=O)(=O)Nc2cnc3ccccc3n2)c([2H])c([2H])c1N. The molecule has 0 bridgehead atoms. The molecule has 6 nitrogen and oxygen atoms in total. The molecule has 0 amide bonds. The van der Waals surface area contributed by atoms with E-state index < -0.39 is 44.8 Å². The molecule has 0 radical (unpaired) electrons. The number of anilines is 2. The summed E-state index contributed by atoms with van der Waals surface area (Å²) in [5, 5.41) is 0. The summed E-state index contributed by atoms with van der Waals surface area (Å²) in [6.07, 6.45) is 1.20. The van der Waals surface area contributed by atoms with Crippen molar-refractivity contribution in [1.82, 2.24) is 9.97 Å². The van der Waals surface area contributed by atoms with E-state index >= 15 is 0 Å². The van der Waals surface area contributed by atoms with Crippen molar-refractivity contribution in [2.45, 2.75) is 4.90 Å². The second-order valence-electron chi connectivity index (χ2n) is 4.09. The van der Waals surface area contributed by atoms with Crippen LogP contribution in [0.25, 0.3) is 11.0 Å². The third kappa shape index (κ3) is 2.77. The van der Waals surface area contributed by atoms with Gasteiger partial charge in [0.1, 0.15) is 0 Å². The molecule has 21 heavy (non-hydrogen) atoms. The van der Waals surface area contributed by atoms with E-state index in [-0.39, 0.29) is 5.82 Å². The maximum Gasteiger partial charge on any atom is 0.263 e. The lowest BCUT2D eigenvalue weighted by molar-refractivity contribution is 0.601. The first-order chi connectivity index (χ1) is 11.7.